The van der Waals surface area contributed by atoms with E-state index < -0.39 is 0 Å². The van der Waals surface area contributed by atoms with Gasteiger partial charge in [0.15, 0.2) is 0 Å². The van der Waals surface area contributed by atoms with E-state index in [2.05, 4.69) is 38.5 Å². The number of hydrogen-bond acceptors (Lipinski definition) is 3. The summed E-state index contributed by atoms with van der Waals surface area (Å²) in [5.41, 5.74) is 0.546. The number of carbonyl (C=O) groups is 2. The second-order valence-electron chi connectivity index (χ2n) is 4.63. The molecule has 0 atom stereocenters. The third-order valence-corrected chi connectivity index (χ3v) is 4.20. The molecule has 0 aliphatic rings. The van der Waals surface area contributed by atoms with E-state index in [9.17, 15) is 9.59 Å². The van der Waals surface area contributed by atoms with E-state index in [0.717, 1.165) is 3.57 Å². The molecular formula is C14H18BrIN2O3. The first-order valence-corrected chi connectivity index (χ1v) is 8.17. The molecule has 7 heteroatoms. The third-order valence-electron chi connectivity index (χ3n) is 2.84. The van der Waals surface area contributed by atoms with Gasteiger partial charge in [-0.1, -0.05) is 0 Å². The van der Waals surface area contributed by atoms with Gasteiger partial charge in [0.2, 0.25) is 5.91 Å². The van der Waals surface area contributed by atoms with Crippen molar-refractivity contribution in [1.82, 2.24) is 9.80 Å². The number of benzene rings is 1. The molecule has 5 nitrogen and oxygen atoms in total. The number of nitrogens with zero attached hydrogens (tertiary/aromatic N) is 2. The van der Waals surface area contributed by atoms with E-state index in [0.29, 0.717) is 23.2 Å². The summed E-state index contributed by atoms with van der Waals surface area (Å²) in [5.74, 6) is -0.311. The molecule has 0 unspecified atom stereocenters. The first-order valence-electron chi connectivity index (χ1n) is 6.30. The Labute approximate surface area is 146 Å². The van der Waals surface area contributed by atoms with Crippen LogP contribution in [-0.4, -0.2) is 62.5 Å². The van der Waals surface area contributed by atoms with E-state index in [-0.39, 0.29) is 18.4 Å². The van der Waals surface area contributed by atoms with Crippen LogP contribution in [0.25, 0.3) is 0 Å². The summed E-state index contributed by atoms with van der Waals surface area (Å²) in [6.45, 7) is 0.786. The lowest BCUT2D eigenvalue weighted by Crippen LogP contribution is -2.42. The number of carbonyl (C=O) groups excluding carboxylic acids is 2. The van der Waals surface area contributed by atoms with Gasteiger partial charge in [0.1, 0.15) is 6.54 Å². The Bertz CT molecular complexity index is 523. The number of hydrogen-bond donors (Lipinski definition) is 0. The molecule has 21 heavy (non-hydrogen) atoms. The van der Waals surface area contributed by atoms with Crippen LogP contribution in [0.5, 0.6) is 0 Å². The monoisotopic (exact) mass is 468 g/mol. The van der Waals surface area contributed by atoms with Gasteiger partial charge in [0, 0.05) is 35.8 Å². The Hall–Kier alpha value is -0.670. The average molecular weight is 469 g/mol. The van der Waals surface area contributed by atoms with Crippen LogP contribution in [0.3, 0.4) is 0 Å². The summed E-state index contributed by atoms with van der Waals surface area (Å²) in [7, 11) is 4.91. The van der Waals surface area contributed by atoms with Crippen LogP contribution in [0.1, 0.15) is 10.4 Å². The molecule has 0 saturated heterocycles. The van der Waals surface area contributed by atoms with Crippen LogP contribution in [-0.2, 0) is 9.53 Å². The Morgan fingerprint density at radius 3 is 2.57 bits per heavy atom. The van der Waals surface area contributed by atoms with Gasteiger partial charge in [-0.25, -0.2) is 0 Å². The summed E-state index contributed by atoms with van der Waals surface area (Å²) in [6.07, 6.45) is 0. The van der Waals surface area contributed by atoms with Crippen molar-refractivity contribution >= 4 is 50.3 Å². The fourth-order valence-corrected chi connectivity index (χ4v) is 2.50. The lowest BCUT2D eigenvalue weighted by atomic mass is 10.2. The molecule has 116 valence electrons. The molecule has 2 amide bonds. The van der Waals surface area contributed by atoms with Gasteiger partial charge < -0.3 is 14.5 Å². The van der Waals surface area contributed by atoms with Crippen molar-refractivity contribution in [3.63, 3.8) is 0 Å². The van der Waals surface area contributed by atoms with Crippen molar-refractivity contribution in [3.05, 3.63) is 31.8 Å². The van der Waals surface area contributed by atoms with Crippen molar-refractivity contribution in [3.8, 4) is 0 Å². The van der Waals surface area contributed by atoms with Gasteiger partial charge in [-0.05, 0) is 56.7 Å². The molecule has 1 aromatic carbocycles. The quantitative estimate of drug-likeness (QED) is 0.601. The van der Waals surface area contributed by atoms with Gasteiger partial charge in [-0.3, -0.25) is 9.59 Å². The average Bonchev–Trinajstić information content (AvgIpc) is 2.44. The molecule has 0 fully saturated rings. The molecule has 0 aliphatic carbocycles. The van der Waals surface area contributed by atoms with Crippen molar-refractivity contribution in [2.45, 2.75) is 0 Å². The second kappa shape index (κ2) is 8.70. The summed E-state index contributed by atoms with van der Waals surface area (Å²) < 4.78 is 6.70. The lowest BCUT2D eigenvalue weighted by Gasteiger charge is -2.24. The van der Waals surface area contributed by atoms with Crippen LogP contribution in [0, 0.1) is 3.57 Å². The highest BCUT2D eigenvalue weighted by atomic mass is 127. The Balaban J connectivity index is 2.98. The summed E-state index contributed by atoms with van der Waals surface area (Å²) in [6, 6.07) is 5.54. The summed E-state index contributed by atoms with van der Waals surface area (Å²) in [4.78, 5) is 27.5. The molecule has 0 aliphatic heterocycles. The minimum atomic E-state index is -0.187. The van der Waals surface area contributed by atoms with Gasteiger partial charge >= 0.3 is 0 Å². The second-order valence-corrected chi connectivity index (χ2v) is 6.73. The number of amides is 2. The molecule has 0 N–H and O–H groups in total. The molecule has 0 aromatic heterocycles. The highest BCUT2D eigenvalue weighted by Gasteiger charge is 2.21. The Morgan fingerprint density at radius 2 is 2.00 bits per heavy atom. The molecule has 0 bridgehead atoms. The van der Waals surface area contributed by atoms with Crippen LogP contribution in [0.15, 0.2) is 22.7 Å². The lowest BCUT2D eigenvalue weighted by molar-refractivity contribution is -0.129. The summed E-state index contributed by atoms with van der Waals surface area (Å²) in [5, 5.41) is 0. The predicted molar refractivity (Wildman–Crippen MR) is 93.3 cm³/mol. The van der Waals surface area contributed by atoms with Gasteiger partial charge in [-0.15, -0.1) is 0 Å². The first-order chi connectivity index (χ1) is 9.86. The fraction of sp³-hybridized carbons (Fsp3) is 0.429. The van der Waals surface area contributed by atoms with Crippen LogP contribution in [0.4, 0.5) is 0 Å². The van der Waals surface area contributed by atoms with Crippen molar-refractivity contribution in [2.24, 2.45) is 0 Å². The highest BCUT2D eigenvalue weighted by molar-refractivity contribution is 14.1. The van der Waals surface area contributed by atoms with Crippen molar-refractivity contribution in [2.75, 3.05) is 40.9 Å². The zero-order valence-corrected chi connectivity index (χ0v) is 16.0. The standard InChI is InChI=1S/C14H18BrIN2O3/c1-17(2)13(19)9-18(6-7-21-3)14(20)11-8-10(16)4-5-12(11)15/h4-5,8H,6-7,9H2,1-3H3. The normalized spacial score (nSPS) is 10.3. The minimum absolute atomic E-state index is 0.0348. The SMILES string of the molecule is COCCN(CC(=O)N(C)C)C(=O)c1cc(I)ccc1Br. The van der Waals surface area contributed by atoms with Crippen molar-refractivity contribution < 1.29 is 14.3 Å². The van der Waals surface area contributed by atoms with Crippen LogP contribution < -0.4 is 0 Å². The molecule has 0 saturated carbocycles. The number of halogens is 2. The maximum Gasteiger partial charge on any atom is 0.255 e. The highest BCUT2D eigenvalue weighted by Crippen LogP contribution is 2.21. The van der Waals surface area contributed by atoms with Crippen LogP contribution in [0.2, 0.25) is 0 Å². The van der Waals surface area contributed by atoms with E-state index in [1.54, 1.807) is 27.3 Å². The van der Waals surface area contributed by atoms with Gasteiger partial charge in [0.05, 0.1) is 12.2 Å². The Morgan fingerprint density at radius 1 is 1.33 bits per heavy atom. The third kappa shape index (κ3) is 5.55. The smallest absolute Gasteiger partial charge is 0.255 e. The molecular weight excluding hydrogens is 451 g/mol. The summed E-state index contributed by atoms with van der Waals surface area (Å²) >= 11 is 5.54. The van der Waals surface area contributed by atoms with Crippen molar-refractivity contribution in [1.29, 1.82) is 0 Å². The largest absolute Gasteiger partial charge is 0.383 e. The van der Waals surface area contributed by atoms with E-state index in [1.165, 1.54) is 9.80 Å². The minimum Gasteiger partial charge on any atom is -0.383 e. The predicted octanol–water partition coefficient (Wildman–Crippen LogP) is 2.23. The first kappa shape index (κ1) is 18.4. The fourth-order valence-electron chi connectivity index (χ4n) is 1.59. The van der Waals surface area contributed by atoms with E-state index in [1.807, 2.05) is 12.1 Å². The number of methoxy groups -OCH3 is 1. The maximum atomic E-state index is 12.6. The molecule has 0 radical (unpaired) electrons. The van der Waals surface area contributed by atoms with E-state index in [4.69, 9.17) is 4.74 Å². The molecule has 0 spiro atoms. The van der Waals surface area contributed by atoms with Gasteiger partial charge in [-0.2, -0.15) is 0 Å². The molecule has 1 aromatic rings. The number of likely N-dealkylation sites (N-methyl/N-ethyl adjacent to an activating group) is 1. The topological polar surface area (TPSA) is 49.9 Å². The Kier molecular flexibility index (Phi) is 7.61. The molecule has 0 heterocycles. The van der Waals surface area contributed by atoms with E-state index >= 15 is 0 Å². The number of rotatable bonds is 6. The zero-order valence-electron chi connectivity index (χ0n) is 12.2. The zero-order chi connectivity index (χ0) is 16.0. The maximum absolute atomic E-state index is 12.6. The molecule has 1 rings (SSSR count). The number of ether oxygens (including phenoxy) is 1. The van der Waals surface area contributed by atoms with Crippen LogP contribution >= 0.6 is 38.5 Å². The van der Waals surface area contributed by atoms with Gasteiger partial charge in [0.25, 0.3) is 5.91 Å².